The van der Waals surface area contributed by atoms with E-state index in [9.17, 15) is 14.4 Å². The zero-order chi connectivity index (χ0) is 18.3. The number of piperazine rings is 1. The summed E-state index contributed by atoms with van der Waals surface area (Å²) in [6.07, 6.45) is 1.56. The van der Waals surface area contributed by atoms with E-state index in [0.29, 0.717) is 44.2 Å². The molecule has 26 heavy (non-hydrogen) atoms. The van der Waals surface area contributed by atoms with Crippen LogP contribution in [-0.4, -0.2) is 77.9 Å². The van der Waals surface area contributed by atoms with Crippen molar-refractivity contribution in [2.45, 2.75) is 18.9 Å². The first-order valence-electron chi connectivity index (χ1n) is 8.95. The number of benzene rings is 1. The zero-order valence-electron chi connectivity index (χ0n) is 14.4. The number of hydrogen-bond donors (Lipinski definition) is 0. The van der Waals surface area contributed by atoms with Crippen LogP contribution < -0.4 is 4.90 Å². The third kappa shape index (κ3) is 3.00. The fraction of sp³-hybridized carbons (Fsp3) is 0.500. The second-order valence-corrected chi connectivity index (χ2v) is 7.34. The smallest absolute Gasteiger partial charge is 0.327 e. The lowest BCUT2D eigenvalue weighted by Gasteiger charge is -2.36. The van der Waals surface area contributed by atoms with Gasteiger partial charge in [0.2, 0.25) is 5.91 Å². The summed E-state index contributed by atoms with van der Waals surface area (Å²) in [5, 5.41) is 0.688. The molecule has 1 aromatic carbocycles. The van der Waals surface area contributed by atoms with Crippen LogP contribution in [0.5, 0.6) is 0 Å². The number of nitrogens with zero attached hydrogens (tertiary/aromatic N) is 4. The Morgan fingerprint density at radius 3 is 2.58 bits per heavy atom. The molecule has 4 rings (SSSR count). The van der Waals surface area contributed by atoms with E-state index < -0.39 is 0 Å². The number of fused-ring (bicyclic) bond motifs is 1. The number of carbonyl (C=O) groups excluding carboxylic acids is 3. The zero-order valence-corrected chi connectivity index (χ0v) is 15.2. The molecule has 0 spiro atoms. The van der Waals surface area contributed by atoms with Gasteiger partial charge >= 0.3 is 6.03 Å². The first kappa shape index (κ1) is 17.1. The van der Waals surface area contributed by atoms with Crippen molar-refractivity contribution in [3.8, 4) is 0 Å². The summed E-state index contributed by atoms with van der Waals surface area (Å²) in [6, 6.07) is 6.98. The molecule has 7 nitrogen and oxygen atoms in total. The van der Waals surface area contributed by atoms with Crippen molar-refractivity contribution in [2.75, 3.05) is 44.2 Å². The Kier molecular flexibility index (Phi) is 4.48. The Morgan fingerprint density at radius 2 is 1.88 bits per heavy atom. The molecule has 138 valence electrons. The van der Waals surface area contributed by atoms with Gasteiger partial charge in [-0.1, -0.05) is 17.7 Å². The molecule has 8 heteroatoms. The Bertz CT molecular complexity index is 726. The highest BCUT2D eigenvalue weighted by molar-refractivity contribution is 6.30. The van der Waals surface area contributed by atoms with E-state index >= 15 is 0 Å². The standard InChI is InChI=1S/C18H21ClN4O3/c19-13-3-1-4-14(11-13)20-7-9-21(10-8-20)16(24)12-23-17(25)15-5-2-6-22(15)18(23)26/h1,3-4,11,15H,2,5-10,12H2. The topological polar surface area (TPSA) is 64.2 Å². The summed E-state index contributed by atoms with van der Waals surface area (Å²) >= 11 is 6.04. The van der Waals surface area contributed by atoms with E-state index in [0.717, 1.165) is 17.0 Å². The summed E-state index contributed by atoms with van der Waals surface area (Å²) in [6.45, 7) is 2.98. The van der Waals surface area contributed by atoms with Crippen molar-refractivity contribution in [1.82, 2.24) is 14.7 Å². The third-order valence-corrected chi connectivity index (χ3v) is 5.61. The lowest BCUT2D eigenvalue weighted by molar-refractivity contribution is -0.137. The molecule has 3 saturated heterocycles. The average molecular weight is 377 g/mol. The lowest BCUT2D eigenvalue weighted by Crippen LogP contribution is -2.52. The largest absolute Gasteiger partial charge is 0.368 e. The molecule has 0 aliphatic carbocycles. The molecule has 3 heterocycles. The van der Waals surface area contributed by atoms with Crippen LogP contribution in [0.25, 0.3) is 0 Å². The Hall–Kier alpha value is -2.28. The van der Waals surface area contributed by atoms with Gasteiger partial charge < -0.3 is 14.7 Å². The number of amides is 4. The molecule has 1 atom stereocenters. The predicted octanol–water partition coefficient (Wildman–Crippen LogP) is 1.42. The van der Waals surface area contributed by atoms with Crippen LogP contribution in [-0.2, 0) is 9.59 Å². The SMILES string of the molecule is O=C(CN1C(=O)C2CCCN2C1=O)N1CCN(c2cccc(Cl)c2)CC1. The molecule has 4 amide bonds. The van der Waals surface area contributed by atoms with E-state index in [2.05, 4.69) is 4.90 Å². The maximum atomic E-state index is 12.6. The predicted molar refractivity (Wildman–Crippen MR) is 97.1 cm³/mol. The van der Waals surface area contributed by atoms with E-state index in [1.165, 1.54) is 0 Å². The molecular formula is C18H21ClN4O3. The maximum absolute atomic E-state index is 12.6. The fourth-order valence-electron chi connectivity index (χ4n) is 3.95. The number of hydrogen-bond acceptors (Lipinski definition) is 4. The van der Waals surface area contributed by atoms with Crippen molar-refractivity contribution < 1.29 is 14.4 Å². The molecule has 3 aliphatic heterocycles. The minimum absolute atomic E-state index is 0.151. The van der Waals surface area contributed by atoms with Gasteiger partial charge in [-0.05, 0) is 31.0 Å². The van der Waals surface area contributed by atoms with E-state index in [4.69, 9.17) is 11.6 Å². The molecule has 0 radical (unpaired) electrons. The van der Waals surface area contributed by atoms with E-state index in [1.807, 2.05) is 24.3 Å². The van der Waals surface area contributed by atoms with Crippen LogP contribution in [0, 0.1) is 0 Å². The van der Waals surface area contributed by atoms with E-state index in [-0.39, 0.29) is 30.4 Å². The molecule has 0 saturated carbocycles. The molecule has 0 N–H and O–H groups in total. The van der Waals surface area contributed by atoms with Crippen LogP contribution in [0.2, 0.25) is 5.02 Å². The number of urea groups is 1. The maximum Gasteiger partial charge on any atom is 0.327 e. The molecule has 1 unspecified atom stereocenters. The summed E-state index contributed by atoms with van der Waals surface area (Å²) in [5.41, 5.74) is 1.04. The van der Waals surface area contributed by atoms with Gasteiger partial charge in [0.25, 0.3) is 5.91 Å². The van der Waals surface area contributed by atoms with Crippen LogP contribution in [0.1, 0.15) is 12.8 Å². The Balaban J connectivity index is 1.34. The highest BCUT2D eigenvalue weighted by atomic mass is 35.5. The number of rotatable bonds is 3. The number of halogens is 1. The third-order valence-electron chi connectivity index (χ3n) is 5.38. The van der Waals surface area contributed by atoms with Gasteiger partial charge in [-0.25, -0.2) is 4.79 Å². The first-order valence-corrected chi connectivity index (χ1v) is 9.32. The minimum Gasteiger partial charge on any atom is -0.368 e. The van der Waals surface area contributed by atoms with Crippen molar-refractivity contribution in [1.29, 1.82) is 0 Å². The first-order chi connectivity index (χ1) is 12.5. The summed E-state index contributed by atoms with van der Waals surface area (Å²) in [7, 11) is 0. The second-order valence-electron chi connectivity index (χ2n) is 6.91. The monoisotopic (exact) mass is 376 g/mol. The minimum atomic E-state index is -0.352. The number of anilines is 1. The van der Waals surface area contributed by atoms with Crippen molar-refractivity contribution in [3.05, 3.63) is 29.3 Å². The van der Waals surface area contributed by atoms with Crippen molar-refractivity contribution in [3.63, 3.8) is 0 Å². The fourth-order valence-corrected chi connectivity index (χ4v) is 4.13. The molecule has 1 aromatic rings. The number of imide groups is 1. The molecule has 3 fully saturated rings. The van der Waals surface area contributed by atoms with Crippen LogP contribution >= 0.6 is 11.6 Å². The van der Waals surface area contributed by atoms with Gasteiger partial charge in [0.15, 0.2) is 0 Å². The average Bonchev–Trinajstić information content (AvgIpc) is 3.21. The second kappa shape index (κ2) is 6.79. The van der Waals surface area contributed by atoms with Crippen LogP contribution in [0.3, 0.4) is 0 Å². The lowest BCUT2D eigenvalue weighted by atomic mass is 10.2. The Morgan fingerprint density at radius 1 is 1.12 bits per heavy atom. The van der Waals surface area contributed by atoms with Gasteiger partial charge in [-0.3, -0.25) is 14.5 Å². The Labute approximate surface area is 157 Å². The highest BCUT2D eigenvalue weighted by Gasteiger charge is 2.48. The summed E-state index contributed by atoms with van der Waals surface area (Å²) < 4.78 is 0. The van der Waals surface area contributed by atoms with Crippen LogP contribution in [0.4, 0.5) is 10.5 Å². The highest BCUT2D eigenvalue weighted by Crippen LogP contribution is 2.27. The summed E-state index contributed by atoms with van der Waals surface area (Å²) in [4.78, 5) is 43.9. The van der Waals surface area contributed by atoms with Gasteiger partial charge in [0.05, 0.1) is 0 Å². The number of carbonyl (C=O) groups is 3. The molecule has 0 aromatic heterocycles. The van der Waals surface area contributed by atoms with Gasteiger partial charge in [-0.15, -0.1) is 0 Å². The molecule has 0 bridgehead atoms. The molecule has 3 aliphatic rings. The van der Waals surface area contributed by atoms with Crippen molar-refractivity contribution in [2.24, 2.45) is 0 Å². The van der Waals surface area contributed by atoms with E-state index in [1.54, 1.807) is 9.80 Å². The van der Waals surface area contributed by atoms with Crippen molar-refractivity contribution >= 4 is 35.1 Å². The van der Waals surface area contributed by atoms with Gasteiger partial charge in [0.1, 0.15) is 12.6 Å². The van der Waals surface area contributed by atoms with Gasteiger partial charge in [-0.2, -0.15) is 0 Å². The molecular weight excluding hydrogens is 356 g/mol. The van der Waals surface area contributed by atoms with Crippen LogP contribution in [0.15, 0.2) is 24.3 Å². The van der Waals surface area contributed by atoms with Gasteiger partial charge in [0, 0.05) is 43.4 Å². The normalized spacial score (nSPS) is 23.0. The quantitative estimate of drug-likeness (QED) is 0.748. The summed E-state index contributed by atoms with van der Waals surface area (Å²) in [5.74, 6) is -0.392.